The first-order chi connectivity index (χ1) is 19.3. The van der Waals surface area contributed by atoms with E-state index in [2.05, 4.69) is 41.1 Å². The van der Waals surface area contributed by atoms with Crippen LogP contribution in [0.15, 0.2) is 53.5 Å². The molecule has 1 unspecified atom stereocenters. The molecule has 13 nitrogen and oxygen atoms in total. The number of ether oxygens (including phenoxy) is 1. The van der Waals surface area contributed by atoms with Crippen molar-refractivity contribution in [1.82, 2.24) is 19.4 Å². The Bertz CT molecular complexity index is 1550. The maximum Gasteiger partial charge on any atom is 0.417 e. The number of carboxylic acid groups (broad SMARTS) is 1. The van der Waals surface area contributed by atoms with Crippen LogP contribution in [0.4, 0.5) is 15.3 Å². The van der Waals surface area contributed by atoms with Crippen molar-refractivity contribution >= 4 is 40.7 Å². The van der Waals surface area contributed by atoms with Gasteiger partial charge in [0, 0.05) is 6.20 Å². The van der Waals surface area contributed by atoms with Gasteiger partial charge in [0.1, 0.15) is 17.6 Å². The monoisotopic (exact) mass is 566 g/mol. The Kier molecular flexibility index (Phi) is 9.66. The molecule has 41 heavy (non-hydrogen) atoms. The number of rotatable bonds is 10. The summed E-state index contributed by atoms with van der Waals surface area (Å²) in [5.41, 5.74) is 6.15. The molecule has 5 N–H and O–H groups in total. The van der Waals surface area contributed by atoms with Crippen LogP contribution in [-0.4, -0.2) is 56.4 Å². The Morgan fingerprint density at radius 1 is 1.17 bits per heavy atom. The van der Waals surface area contributed by atoms with E-state index in [1.165, 1.54) is 29.0 Å². The molecule has 0 fully saturated rings. The number of amides is 3. The molecule has 2 heterocycles. The first-order valence-electron chi connectivity index (χ1n) is 12.8. The maximum atomic E-state index is 13.3. The van der Waals surface area contributed by atoms with Crippen LogP contribution in [0.5, 0.6) is 0 Å². The zero-order valence-corrected chi connectivity index (χ0v) is 23.3. The molecule has 0 saturated carbocycles. The lowest BCUT2D eigenvalue weighted by Crippen LogP contribution is -2.44. The number of alkyl carbamates (subject to hydrolysis) is 1. The van der Waals surface area contributed by atoms with E-state index < -0.39 is 35.6 Å². The fourth-order valence-corrected chi connectivity index (χ4v) is 4.30. The van der Waals surface area contributed by atoms with Crippen LogP contribution in [0, 0.1) is 5.41 Å². The molecule has 218 valence electrons. The number of allylic oxidation sites excluding steroid dienone is 1. The highest BCUT2D eigenvalue weighted by atomic mass is 16.5. The van der Waals surface area contributed by atoms with E-state index in [-0.39, 0.29) is 36.3 Å². The number of nitrogens with zero attached hydrogens (tertiary/aromatic N) is 3. The largest absolute Gasteiger partial charge is 0.464 e. The SMILES string of the molecule is COC(=O)NC(CC/C=C/C(N)=O)C(=O)Nc1cccn(Cc2nc3c(CC(C)(C)C)cccc3n2C(=O)O)c1=O. The van der Waals surface area contributed by atoms with E-state index >= 15 is 0 Å². The molecule has 0 radical (unpaired) electrons. The van der Waals surface area contributed by atoms with Gasteiger partial charge in [-0.05, 0) is 54.5 Å². The summed E-state index contributed by atoms with van der Waals surface area (Å²) in [6.07, 6.45) is 2.94. The molecule has 0 spiro atoms. The van der Waals surface area contributed by atoms with Crippen LogP contribution in [0.1, 0.15) is 45.0 Å². The first kappa shape index (κ1) is 30.6. The van der Waals surface area contributed by atoms with Crippen molar-refractivity contribution < 1.29 is 29.0 Å². The molecule has 1 atom stereocenters. The number of anilines is 1. The minimum Gasteiger partial charge on any atom is -0.464 e. The number of primary amides is 1. The van der Waals surface area contributed by atoms with Crippen LogP contribution in [0.2, 0.25) is 0 Å². The van der Waals surface area contributed by atoms with E-state index in [0.717, 1.165) is 23.3 Å². The highest BCUT2D eigenvalue weighted by Gasteiger charge is 2.23. The molecule has 1 aromatic carbocycles. The number of fused-ring (bicyclic) bond motifs is 1. The predicted octanol–water partition coefficient (Wildman–Crippen LogP) is 2.85. The normalized spacial score (nSPS) is 12.3. The van der Waals surface area contributed by atoms with Gasteiger partial charge in [0.2, 0.25) is 11.8 Å². The summed E-state index contributed by atoms with van der Waals surface area (Å²) in [5, 5.41) is 14.9. The number of methoxy groups -OCH3 is 1. The van der Waals surface area contributed by atoms with Crippen molar-refractivity contribution in [2.24, 2.45) is 11.1 Å². The Morgan fingerprint density at radius 3 is 2.54 bits per heavy atom. The molecule has 0 bridgehead atoms. The maximum absolute atomic E-state index is 13.3. The topological polar surface area (TPSA) is 188 Å². The third-order valence-electron chi connectivity index (χ3n) is 6.04. The number of para-hydroxylation sites is 1. The van der Waals surface area contributed by atoms with Gasteiger partial charge in [-0.1, -0.05) is 39.0 Å². The van der Waals surface area contributed by atoms with E-state index in [1.54, 1.807) is 12.1 Å². The van der Waals surface area contributed by atoms with Crippen molar-refractivity contribution in [3.8, 4) is 0 Å². The van der Waals surface area contributed by atoms with Crippen molar-refractivity contribution in [3.05, 3.63) is 70.4 Å². The Balaban J connectivity index is 1.91. The summed E-state index contributed by atoms with van der Waals surface area (Å²) in [7, 11) is 1.14. The summed E-state index contributed by atoms with van der Waals surface area (Å²) in [6, 6.07) is 7.17. The van der Waals surface area contributed by atoms with Gasteiger partial charge in [-0.3, -0.25) is 14.4 Å². The molecule has 2 aromatic heterocycles. The number of nitrogens with two attached hydrogens (primary N) is 1. The fraction of sp³-hybridized carbons (Fsp3) is 0.357. The molecular weight excluding hydrogens is 532 g/mol. The quantitative estimate of drug-likeness (QED) is 0.270. The van der Waals surface area contributed by atoms with Gasteiger partial charge in [0.05, 0.1) is 24.7 Å². The zero-order valence-electron chi connectivity index (χ0n) is 23.3. The van der Waals surface area contributed by atoms with Gasteiger partial charge in [-0.25, -0.2) is 19.1 Å². The highest BCUT2D eigenvalue weighted by Crippen LogP contribution is 2.27. The number of benzene rings is 1. The molecular formula is C28H34N6O7. The lowest BCUT2D eigenvalue weighted by molar-refractivity contribution is -0.118. The van der Waals surface area contributed by atoms with E-state index in [0.29, 0.717) is 17.5 Å². The first-order valence-corrected chi connectivity index (χ1v) is 12.8. The Morgan fingerprint density at radius 2 is 1.90 bits per heavy atom. The van der Waals surface area contributed by atoms with Crippen LogP contribution in [0.3, 0.4) is 0 Å². The standard InChI is InChI=1S/C28H34N6O7/c1-28(2,3)15-17-9-7-12-20-23(17)32-22(34(20)27(39)40)16-33-14-8-11-19(25(33)37)30-24(36)18(31-26(38)41-4)10-5-6-13-21(29)35/h6-9,11-14,18H,5,10,15-16H2,1-4H3,(H2,29,35)(H,30,36)(H,31,38)(H,39,40)/b13-6+. The predicted molar refractivity (Wildman–Crippen MR) is 152 cm³/mol. The summed E-state index contributed by atoms with van der Waals surface area (Å²) in [4.78, 5) is 65.8. The van der Waals surface area contributed by atoms with Crippen LogP contribution < -0.4 is 21.9 Å². The lowest BCUT2D eigenvalue weighted by Gasteiger charge is -2.18. The van der Waals surface area contributed by atoms with Gasteiger partial charge >= 0.3 is 12.2 Å². The zero-order chi connectivity index (χ0) is 30.3. The number of carbonyl (C=O) groups is 4. The van der Waals surface area contributed by atoms with E-state index in [4.69, 9.17) is 5.73 Å². The smallest absolute Gasteiger partial charge is 0.417 e. The van der Waals surface area contributed by atoms with Gasteiger partial charge < -0.3 is 30.8 Å². The number of pyridine rings is 1. The minimum atomic E-state index is -1.24. The van der Waals surface area contributed by atoms with Crippen LogP contribution in [-0.2, 0) is 27.3 Å². The summed E-state index contributed by atoms with van der Waals surface area (Å²) in [5.74, 6) is -1.22. The van der Waals surface area contributed by atoms with Crippen LogP contribution in [0.25, 0.3) is 11.0 Å². The molecule has 3 amide bonds. The van der Waals surface area contributed by atoms with Gasteiger partial charge in [0.15, 0.2) is 0 Å². The molecule has 0 aliphatic heterocycles. The molecule has 0 aliphatic rings. The van der Waals surface area contributed by atoms with Crippen molar-refractivity contribution in [2.75, 3.05) is 12.4 Å². The average molecular weight is 567 g/mol. The minimum absolute atomic E-state index is 0.0658. The van der Waals surface area contributed by atoms with E-state index in [9.17, 15) is 29.1 Å². The molecule has 3 aromatic rings. The third kappa shape index (κ3) is 8.03. The molecule has 13 heteroatoms. The summed E-state index contributed by atoms with van der Waals surface area (Å²) >= 11 is 0. The lowest BCUT2D eigenvalue weighted by atomic mass is 9.88. The molecule has 0 aliphatic carbocycles. The van der Waals surface area contributed by atoms with Crippen molar-refractivity contribution in [3.63, 3.8) is 0 Å². The number of hydrogen-bond donors (Lipinski definition) is 4. The van der Waals surface area contributed by atoms with Gasteiger partial charge in [-0.15, -0.1) is 0 Å². The number of carbonyl (C=O) groups excluding carboxylic acids is 3. The molecule has 3 rings (SSSR count). The van der Waals surface area contributed by atoms with Gasteiger partial charge in [0.25, 0.3) is 5.56 Å². The number of hydrogen-bond acceptors (Lipinski definition) is 7. The number of aromatic nitrogens is 3. The number of imidazole rings is 1. The molecule has 0 saturated heterocycles. The second-order valence-electron chi connectivity index (χ2n) is 10.6. The van der Waals surface area contributed by atoms with Crippen molar-refractivity contribution in [1.29, 1.82) is 0 Å². The Hall–Kier alpha value is -4.94. The number of nitrogens with one attached hydrogen (secondary N) is 2. The van der Waals surface area contributed by atoms with Gasteiger partial charge in [-0.2, -0.15) is 0 Å². The summed E-state index contributed by atoms with van der Waals surface area (Å²) in [6.45, 7) is 6.04. The second-order valence-corrected chi connectivity index (χ2v) is 10.6. The second kappa shape index (κ2) is 12.9. The highest BCUT2D eigenvalue weighted by molar-refractivity contribution is 5.96. The Labute approximate surface area is 236 Å². The van der Waals surface area contributed by atoms with Crippen LogP contribution >= 0.6 is 0 Å². The van der Waals surface area contributed by atoms with E-state index in [1.807, 2.05) is 6.07 Å². The van der Waals surface area contributed by atoms with Crippen molar-refractivity contribution in [2.45, 2.75) is 52.6 Å². The fourth-order valence-electron chi connectivity index (χ4n) is 4.30. The summed E-state index contributed by atoms with van der Waals surface area (Å²) < 4.78 is 6.86. The third-order valence-corrected chi connectivity index (χ3v) is 6.04. The average Bonchev–Trinajstić information content (AvgIpc) is 3.26.